The Labute approximate surface area is 66.4 Å². The normalized spacial score (nSPS) is 9.12. The zero-order valence-electron chi connectivity index (χ0n) is 4.23. The van der Waals surface area contributed by atoms with E-state index in [1.165, 1.54) is 7.76 Å². The lowest BCUT2D eigenvalue weighted by atomic mass is 10.5. The molecule has 1 heterocycles. The molecule has 0 nitrogen and oxygen atoms in total. The molecule has 0 aliphatic carbocycles. The Bertz CT molecular complexity index is 190. The van der Waals surface area contributed by atoms with Crippen LogP contribution in [0.5, 0.6) is 0 Å². The summed E-state index contributed by atoms with van der Waals surface area (Å²) in [6.45, 7) is 3.65. The lowest BCUT2D eigenvalue weighted by molar-refractivity contribution is 1.93. The van der Waals surface area contributed by atoms with Crippen molar-refractivity contribution in [2.24, 2.45) is 0 Å². The van der Waals surface area contributed by atoms with E-state index >= 15 is 0 Å². The van der Waals surface area contributed by atoms with E-state index in [1.54, 1.807) is 11.3 Å². The Balaban J connectivity index is 3.00. The first-order valence-corrected chi connectivity index (χ1v) is 4.10. The highest BCUT2D eigenvalue weighted by Gasteiger charge is 1.88. The van der Waals surface area contributed by atoms with Gasteiger partial charge in [0.05, 0.1) is 2.88 Å². The number of hydrogen-bond acceptors (Lipinski definition) is 1. The van der Waals surface area contributed by atoms with Crippen molar-refractivity contribution in [2.45, 2.75) is 0 Å². The molecule has 0 atom stereocenters. The number of halogens is 1. The standard InChI is InChI=1S/C6H5IS/c1-2-5-3-4-6(7)8-5/h2-4H,1H2. The van der Waals surface area contributed by atoms with Crippen molar-refractivity contribution < 1.29 is 0 Å². The zero-order valence-corrected chi connectivity index (χ0v) is 7.20. The Kier molecular flexibility index (Phi) is 2.08. The molecule has 0 radical (unpaired) electrons. The lowest BCUT2D eigenvalue weighted by Crippen LogP contribution is -1.46. The van der Waals surface area contributed by atoms with E-state index in [4.69, 9.17) is 0 Å². The summed E-state index contributed by atoms with van der Waals surface area (Å²) in [4.78, 5) is 1.24. The van der Waals surface area contributed by atoms with Crippen LogP contribution < -0.4 is 0 Å². The van der Waals surface area contributed by atoms with Crippen molar-refractivity contribution in [3.63, 3.8) is 0 Å². The second-order valence-electron chi connectivity index (χ2n) is 1.35. The highest BCUT2D eigenvalue weighted by atomic mass is 127. The molecule has 0 amide bonds. The maximum Gasteiger partial charge on any atom is 0.0659 e. The van der Waals surface area contributed by atoms with Gasteiger partial charge in [0.25, 0.3) is 0 Å². The van der Waals surface area contributed by atoms with Gasteiger partial charge in [0.15, 0.2) is 0 Å². The van der Waals surface area contributed by atoms with Gasteiger partial charge >= 0.3 is 0 Å². The fourth-order valence-electron chi connectivity index (χ4n) is 0.438. The van der Waals surface area contributed by atoms with Gasteiger partial charge in [0.2, 0.25) is 0 Å². The molecule has 1 rings (SSSR count). The molecule has 0 saturated carbocycles. The summed E-state index contributed by atoms with van der Waals surface area (Å²) in [5, 5.41) is 0. The van der Waals surface area contributed by atoms with Crippen LogP contribution in [-0.2, 0) is 0 Å². The van der Waals surface area contributed by atoms with Crippen LogP contribution in [-0.4, -0.2) is 0 Å². The van der Waals surface area contributed by atoms with Gasteiger partial charge in [-0.25, -0.2) is 0 Å². The molecule has 2 heteroatoms. The van der Waals surface area contributed by atoms with E-state index < -0.39 is 0 Å². The third kappa shape index (κ3) is 1.32. The average Bonchev–Trinajstić information content (AvgIpc) is 2.14. The van der Waals surface area contributed by atoms with Crippen LogP contribution in [0.2, 0.25) is 0 Å². The number of thiophene rings is 1. The molecule has 0 unspecified atom stereocenters. The molecule has 0 bridgehead atoms. The summed E-state index contributed by atoms with van der Waals surface area (Å²) in [5.41, 5.74) is 0. The van der Waals surface area contributed by atoms with Crippen LogP contribution in [0.25, 0.3) is 6.08 Å². The highest BCUT2D eigenvalue weighted by Crippen LogP contribution is 2.18. The second-order valence-corrected chi connectivity index (χ2v) is 4.36. The first-order valence-electron chi connectivity index (χ1n) is 2.20. The SMILES string of the molecule is C=Cc1ccc(I)s1. The van der Waals surface area contributed by atoms with Crippen LogP contribution in [0.1, 0.15) is 4.88 Å². The van der Waals surface area contributed by atoms with E-state index in [0.717, 1.165) is 0 Å². The maximum absolute atomic E-state index is 3.65. The Hall–Kier alpha value is 0.170. The summed E-state index contributed by atoms with van der Waals surface area (Å²) in [6.07, 6.45) is 1.87. The molecule has 0 aliphatic rings. The van der Waals surface area contributed by atoms with Gasteiger partial charge in [-0.2, -0.15) is 0 Å². The zero-order chi connectivity index (χ0) is 5.98. The maximum atomic E-state index is 3.65. The molecule has 8 heavy (non-hydrogen) atoms. The van der Waals surface area contributed by atoms with Gasteiger partial charge in [0, 0.05) is 4.88 Å². The van der Waals surface area contributed by atoms with Gasteiger partial charge in [-0.1, -0.05) is 12.7 Å². The minimum absolute atomic E-state index is 1.24. The third-order valence-electron chi connectivity index (χ3n) is 0.795. The molecule has 0 fully saturated rings. The Morgan fingerprint density at radius 1 is 1.62 bits per heavy atom. The fraction of sp³-hybridized carbons (Fsp3) is 0. The second kappa shape index (κ2) is 2.64. The minimum atomic E-state index is 1.24. The van der Waals surface area contributed by atoms with E-state index in [9.17, 15) is 0 Å². The largest absolute Gasteiger partial charge is 0.130 e. The van der Waals surface area contributed by atoms with Gasteiger partial charge in [-0.3, -0.25) is 0 Å². The third-order valence-corrected chi connectivity index (χ3v) is 2.68. The van der Waals surface area contributed by atoms with E-state index in [-0.39, 0.29) is 0 Å². The summed E-state index contributed by atoms with van der Waals surface area (Å²) in [5.74, 6) is 0. The topological polar surface area (TPSA) is 0 Å². The van der Waals surface area contributed by atoms with Crippen molar-refractivity contribution in [3.05, 3.63) is 26.5 Å². The molecule has 0 saturated heterocycles. The van der Waals surface area contributed by atoms with Crippen LogP contribution in [0.3, 0.4) is 0 Å². The molecular formula is C6H5IS. The molecule has 0 aliphatic heterocycles. The molecular weight excluding hydrogens is 231 g/mol. The Morgan fingerprint density at radius 3 is 2.62 bits per heavy atom. The Morgan fingerprint density at radius 2 is 2.38 bits per heavy atom. The van der Waals surface area contributed by atoms with Crippen molar-refractivity contribution >= 4 is 40.0 Å². The van der Waals surface area contributed by atoms with Gasteiger partial charge in [-0.05, 0) is 34.7 Å². The quantitative estimate of drug-likeness (QED) is 0.657. The molecule has 0 spiro atoms. The van der Waals surface area contributed by atoms with Crippen LogP contribution in [0.4, 0.5) is 0 Å². The van der Waals surface area contributed by atoms with Crippen LogP contribution in [0, 0.1) is 2.88 Å². The summed E-state index contributed by atoms with van der Waals surface area (Å²) < 4.78 is 1.32. The summed E-state index contributed by atoms with van der Waals surface area (Å²) in [7, 11) is 0. The average molecular weight is 236 g/mol. The highest BCUT2D eigenvalue weighted by molar-refractivity contribution is 14.1. The lowest BCUT2D eigenvalue weighted by Gasteiger charge is -1.73. The van der Waals surface area contributed by atoms with Crippen molar-refractivity contribution in [1.29, 1.82) is 0 Å². The van der Waals surface area contributed by atoms with E-state index in [2.05, 4.69) is 41.3 Å². The molecule has 0 N–H and O–H groups in total. The number of rotatable bonds is 1. The molecule has 42 valence electrons. The smallest absolute Gasteiger partial charge is 0.0659 e. The van der Waals surface area contributed by atoms with Crippen LogP contribution in [0.15, 0.2) is 18.7 Å². The predicted octanol–water partition coefficient (Wildman–Crippen LogP) is 3.00. The molecule has 0 aromatic carbocycles. The van der Waals surface area contributed by atoms with Crippen molar-refractivity contribution in [3.8, 4) is 0 Å². The fourth-order valence-corrected chi connectivity index (χ4v) is 1.96. The van der Waals surface area contributed by atoms with Gasteiger partial charge in [-0.15, -0.1) is 11.3 Å². The van der Waals surface area contributed by atoms with Gasteiger partial charge < -0.3 is 0 Å². The monoisotopic (exact) mass is 236 g/mol. The van der Waals surface area contributed by atoms with Crippen molar-refractivity contribution in [1.82, 2.24) is 0 Å². The van der Waals surface area contributed by atoms with E-state index in [0.29, 0.717) is 0 Å². The van der Waals surface area contributed by atoms with Gasteiger partial charge in [0.1, 0.15) is 0 Å². The number of hydrogen-bond donors (Lipinski definition) is 0. The predicted molar refractivity (Wildman–Crippen MR) is 47.1 cm³/mol. The molecule has 1 aromatic heterocycles. The first-order chi connectivity index (χ1) is 3.83. The first kappa shape index (κ1) is 6.29. The van der Waals surface area contributed by atoms with E-state index in [1.807, 2.05) is 6.08 Å². The summed E-state index contributed by atoms with van der Waals surface area (Å²) >= 11 is 4.05. The van der Waals surface area contributed by atoms with Crippen LogP contribution >= 0.6 is 33.9 Å². The summed E-state index contributed by atoms with van der Waals surface area (Å²) in [6, 6.07) is 4.15. The molecule has 1 aromatic rings. The minimum Gasteiger partial charge on any atom is -0.130 e. The van der Waals surface area contributed by atoms with Crippen molar-refractivity contribution in [2.75, 3.05) is 0 Å².